The maximum atomic E-state index is 11.8. The molecule has 0 atom stereocenters. The Bertz CT molecular complexity index is 415. The van der Waals surface area contributed by atoms with E-state index >= 15 is 0 Å². The Labute approximate surface area is 109 Å². The first-order valence-electron chi connectivity index (χ1n) is 5.32. The highest BCUT2D eigenvalue weighted by Crippen LogP contribution is 2.51. The minimum Gasteiger partial charge on any atom is -0.339 e. The van der Waals surface area contributed by atoms with Gasteiger partial charge in [-0.3, -0.25) is 9.78 Å². The van der Waals surface area contributed by atoms with E-state index in [0.717, 1.165) is 6.54 Å². The Morgan fingerprint density at radius 3 is 2.75 bits per heavy atom. The number of aromatic nitrogens is 1. The highest BCUT2D eigenvalue weighted by molar-refractivity contribution is 14.1. The molecule has 1 aliphatic carbocycles. The minimum absolute atomic E-state index is 0.0677. The molecule has 16 heavy (non-hydrogen) atoms. The fourth-order valence-corrected chi connectivity index (χ4v) is 2.37. The number of carbonyl (C=O) groups is 1. The van der Waals surface area contributed by atoms with Gasteiger partial charge in [0.15, 0.2) is 0 Å². The number of hydrogen-bond acceptors (Lipinski definition) is 2. The van der Waals surface area contributed by atoms with Crippen LogP contribution in [0.3, 0.4) is 0 Å². The summed E-state index contributed by atoms with van der Waals surface area (Å²) < 4.78 is 0. The van der Waals surface area contributed by atoms with Gasteiger partial charge in [0.2, 0.25) is 0 Å². The second kappa shape index (κ2) is 4.31. The van der Waals surface area contributed by atoms with Crippen molar-refractivity contribution in [2.45, 2.75) is 18.3 Å². The van der Waals surface area contributed by atoms with E-state index in [1.807, 2.05) is 18.0 Å². The van der Waals surface area contributed by atoms with Crippen LogP contribution in [0.1, 0.15) is 28.9 Å². The van der Waals surface area contributed by atoms with Crippen molar-refractivity contribution in [2.24, 2.45) is 0 Å². The summed E-state index contributed by atoms with van der Waals surface area (Å²) in [6, 6.07) is 3.98. The van der Waals surface area contributed by atoms with Gasteiger partial charge in [-0.25, -0.2) is 0 Å². The molecule has 2 heterocycles. The van der Waals surface area contributed by atoms with Gasteiger partial charge >= 0.3 is 0 Å². The van der Waals surface area contributed by atoms with Crippen LogP contribution in [0.5, 0.6) is 0 Å². The molecule has 0 bridgehead atoms. The van der Waals surface area contributed by atoms with Gasteiger partial charge in [-0.2, -0.15) is 0 Å². The summed E-state index contributed by atoms with van der Waals surface area (Å²) in [7, 11) is 1.86. The number of amides is 1. The number of alkyl halides is 1. The van der Waals surface area contributed by atoms with Crippen molar-refractivity contribution in [3.63, 3.8) is 0 Å². The molecule has 2 aliphatic rings. The van der Waals surface area contributed by atoms with E-state index in [0.29, 0.717) is 5.69 Å². The lowest BCUT2D eigenvalue weighted by Crippen LogP contribution is -2.41. The topological polar surface area (TPSA) is 33.2 Å². The molecule has 1 aliphatic heterocycles. The van der Waals surface area contributed by atoms with Crippen molar-refractivity contribution in [3.8, 4) is 0 Å². The third kappa shape index (κ3) is 1.73. The second-order valence-corrected chi connectivity index (χ2v) is 4.34. The van der Waals surface area contributed by atoms with Crippen LogP contribution in [0.2, 0.25) is 0 Å². The summed E-state index contributed by atoms with van der Waals surface area (Å²) >= 11 is 2.15. The van der Waals surface area contributed by atoms with Crippen LogP contribution in [-0.2, 0) is 5.41 Å². The third-order valence-corrected chi connectivity index (χ3v) is 3.32. The van der Waals surface area contributed by atoms with Crippen molar-refractivity contribution in [1.82, 2.24) is 9.88 Å². The molecule has 0 saturated heterocycles. The van der Waals surface area contributed by atoms with Gasteiger partial charge in [0.05, 0.1) is 0 Å². The molecule has 1 aromatic rings. The van der Waals surface area contributed by atoms with E-state index in [9.17, 15) is 4.79 Å². The lowest BCUT2D eigenvalue weighted by molar-refractivity contribution is 0.0751. The maximum Gasteiger partial charge on any atom is 0.272 e. The zero-order valence-corrected chi connectivity index (χ0v) is 11.7. The molecule has 0 aromatic carbocycles. The number of fused-ring (bicyclic) bond motifs is 2. The molecule has 1 fully saturated rings. The SMILES string of the molecule is CI.CN1CC2(CC2)c2cccnc2C1=O. The summed E-state index contributed by atoms with van der Waals surface area (Å²) in [6.07, 6.45) is 4.10. The third-order valence-electron chi connectivity index (χ3n) is 3.32. The molecule has 0 N–H and O–H groups in total. The fourth-order valence-electron chi connectivity index (χ4n) is 2.37. The smallest absolute Gasteiger partial charge is 0.272 e. The van der Waals surface area contributed by atoms with E-state index in [4.69, 9.17) is 0 Å². The van der Waals surface area contributed by atoms with E-state index < -0.39 is 0 Å². The Morgan fingerprint density at radius 2 is 2.12 bits per heavy atom. The number of likely N-dealkylation sites (N-methyl/N-ethyl adjacent to an activating group) is 1. The van der Waals surface area contributed by atoms with E-state index in [1.165, 1.54) is 18.4 Å². The highest BCUT2D eigenvalue weighted by Gasteiger charge is 2.51. The molecule has 1 saturated carbocycles. The van der Waals surface area contributed by atoms with E-state index in [2.05, 4.69) is 33.6 Å². The molecule has 0 unspecified atom stereocenters. The minimum atomic E-state index is 0.0677. The molecular formula is C12H15IN2O. The number of halogens is 1. The number of carbonyl (C=O) groups excluding carboxylic acids is 1. The molecule has 3 rings (SSSR count). The zero-order chi connectivity index (χ0) is 11.8. The number of hydrogen-bond donors (Lipinski definition) is 0. The quantitative estimate of drug-likeness (QED) is 0.540. The first-order valence-corrected chi connectivity index (χ1v) is 7.47. The first-order chi connectivity index (χ1) is 7.73. The Kier molecular flexibility index (Phi) is 3.19. The normalized spacial score (nSPS) is 19.9. The monoisotopic (exact) mass is 330 g/mol. The summed E-state index contributed by atoms with van der Waals surface area (Å²) in [6.45, 7) is 0.866. The largest absolute Gasteiger partial charge is 0.339 e. The lowest BCUT2D eigenvalue weighted by Gasteiger charge is -2.30. The summed E-state index contributed by atoms with van der Waals surface area (Å²) in [5.74, 6) is 0.0677. The van der Waals surface area contributed by atoms with Gasteiger partial charge in [0, 0.05) is 25.2 Å². The van der Waals surface area contributed by atoms with Gasteiger partial charge < -0.3 is 4.90 Å². The van der Waals surface area contributed by atoms with Crippen molar-refractivity contribution in [1.29, 1.82) is 0 Å². The zero-order valence-electron chi connectivity index (χ0n) is 9.53. The highest BCUT2D eigenvalue weighted by atomic mass is 127. The van der Waals surface area contributed by atoms with Crippen LogP contribution >= 0.6 is 22.6 Å². The molecule has 86 valence electrons. The molecule has 1 spiro atoms. The second-order valence-electron chi connectivity index (χ2n) is 4.34. The summed E-state index contributed by atoms with van der Waals surface area (Å²) in [4.78, 5) is 19.8. The van der Waals surface area contributed by atoms with Gasteiger partial charge in [0.25, 0.3) is 5.91 Å². The predicted molar refractivity (Wildman–Crippen MR) is 72.1 cm³/mol. The van der Waals surface area contributed by atoms with Gasteiger partial charge in [-0.1, -0.05) is 28.7 Å². The molecule has 4 heteroatoms. The average Bonchev–Trinajstić information content (AvgIpc) is 3.10. The van der Waals surface area contributed by atoms with Crippen LogP contribution in [0.25, 0.3) is 0 Å². The van der Waals surface area contributed by atoms with E-state index in [1.54, 1.807) is 11.1 Å². The standard InChI is InChI=1S/C11H12N2O.CH3I/c1-13-7-11(4-5-11)8-3-2-6-12-9(8)10(13)14;1-2/h2-3,6H,4-5,7H2,1H3;1H3. The number of pyridine rings is 1. The van der Waals surface area contributed by atoms with Crippen molar-refractivity contribution >= 4 is 28.5 Å². The lowest BCUT2D eigenvalue weighted by atomic mass is 9.90. The predicted octanol–water partition coefficient (Wildman–Crippen LogP) is 2.25. The van der Waals surface area contributed by atoms with Crippen molar-refractivity contribution in [3.05, 3.63) is 29.6 Å². The van der Waals surface area contributed by atoms with Crippen LogP contribution in [0.4, 0.5) is 0 Å². The van der Waals surface area contributed by atoms with Crippen molar-refractivity contribution < 1.29 is 4.79 Å². The molecule has 0 radical (unpaired) electrons. The van der Waals surface area contributed by atoms with Crippen LogP contribution in [0.15, 0.2) is 18.3 Å². The number of nitrogens with zero attached hydrogens (tertiary/aromatic N) is 2. The van der Waals surface area contributed by atoms with Crippen molar-refractivity contribution in [2.75, 3.05) is 18.5 Å². The molecule has 1 amide bonds. The number of rotatable bonds is 0. The molecule has 1 aromatic heterocycles. The van der Waals surface area contributed by atoms with Crippen LogP contribution < -0.4 is 0 Å². The Balaban J connectivity index is 0.000000457. The Morgan fingerprint density at radius 1 is 1.44 bits per heavy atom. The fraction of sp³-hybridized carbons (Fsp3) is 0.500. The van der Waals surface area contributed by atoms with Gasteiger partial charge in [-0.15, -0.1) is 0 Å². The summed E-state index contributed by atoms with van der Waals surface area (Å²) in [5, 5.41) is 0. The van der Waals surface area contributed by atoms with E-state index in [-0.39, 0.29) is 11.3 Å². The van der Waals surface area contributed by atoms with Crippen LogP contribution in [0, 0.1) is 0 Å². The Hall–Kier alpha value is -0.650. The maximum absolute atomic E-state index is 11.8. The molecular weight excluding hydrogens is 315 g/mol. The molecule has 3 nitrogen and oxygen atoms in total. The van der Waals surface area contributed by atoms with Gasteiger partial charge in [-0.05, 0) is 29.4 Å². The summed E-state index contributed by atoms with van der Waals surface area (Å²) in [5.41, 5.74) is 2.09. The van der Waals surface area contributed by atoms with Crippen LogP contribution in [-0.4, -0.2) is 34.3 Å². The van der Waals surface area contributed by atoms with Gasteiger partial charge in [0.1, 0.15) is 5.69 Å². The first kappa shape index (κ1) is 11.8. The average molecular weight is 330 g/mol.